The largest absolute Gasteiger partial charge is 0.394 e. The maximum Gasteiger partial charge on any atom is 0.187 e. The normalized spacial score (nSPS) is 53.6. The second kappa shape index (κ2) is 31.5. The molecule has 8 rings (SSSR count). The zero-order valence-corrected chi connectivity index (χ0v) is 46.5. The van der Waals surface area contributed by atoms with Crippen molar-refractivity contribution in [2.24, 2.45) is 0 Å². The number of ether oxygens (including phenoxy) is 15. The quantitative estimate of drug-likeness (QED) is 0.0479. The Morgan fingerprint density at radius 1 is 0.169 bits per heavy atom. The highest BCUT2D eigenvalue weighted by molar-refractivity contribution is 5.02. The predicted molar refractivity (Wildman–Crippen MR) is 264 cm³/mol. The molecule has 41 nitrogen and oxygen atoms in total. The van der Waals surface area contributed by atoms with Crippen molar-refractivity contribution in [2.45, 2.75) is 246 Å². The molecule has 0 aromatic carbocycles. The highest BCUT2D eigenvalue weighted by Gasteiger charge is 2.60. The summed E-state index contributed by atoms with van der Waals surface area (Å²) in [7, 11) is 0. The molecule has 40 atom stereocenters. The van der Waals surface area contributed by atoms with Gasteiger partial charge in [0.1, 0.15) is 195 Å². The van der Waals surface area contributed by atoms with Gasteiger partial charge < -0.3 is 204 Å². The molecule has 0 aromatic heterocycles. The van der Waals surface area contributed by atoms with Crippen molar-refractivity contribution in [1.29, 1.82) is 0 Å². The topological polar surface area (TPSA) is 664 Å². The standard InChI is InChI=1S/C48H82O41/c49-1-9-17(57)23(63)27(67)42(76-9)85-36-18(58)11(3-51)78-45(30(36)70)87-38-20(60)13(5-53)80-47(32(38)72)89-40-22(62)14(6-54)81-48(33(40)73)88-39-21(61)12(4-52)79-46(31(39)71)86-37-19(59)10(2-50)77-44(29(37)69)84-35-16(8-56)82-43(28(68)25(35)65)83-34-15(7-55)75-41(74)26(66)24(34)64/h9-74H,1-8H2/t9-,10-,11-,12-,13-,14-,15-,16-,17+,18+,19+,20+,21+,22+,23+,24-,25-,26-,27-,28-,29-,30-,31-,32-,33-,34-,35+,36+,37+,38+,39+,40+,41-,42+,43+,44-,45+,46+,47+,48+/m1/s1. The van der Waals surface area contributed by atoms with Gasteiger partial charge in [-0.25, -0.2) is 0 Å². The summed E-state index contributed by atoms with van der Waals surface area (Å²) in [4.78, 5) is 0. The van der Waals surface area contributed by atoms with Crippen molar-refractivity contribution in [1.82, 2.24) is 0 Å². The Morgan fingerprint density at radius 2 is 0.360 bits per heavy atom. The molecular weight excluding hydrogens is 1230 g/mol. The van der Waals surface area contributed by atoms with Crippen LogP contribution in [-0.2, 0) is 71.1 Å². The van der Waals surface area contributed by atoms with E-state index in [1.165, 1.54) is 0 Å². The molecular formula is C48H82O41. The van der Waals surface area contributed by atoms with Crippen LogP contribution in [0.5, 0.6) is 0 Å². The molecule has 26 N–H and O–H groups in total. The number of aliphatic hydroxyl groups excluding tert-OH is 26. The van der Waals surface area contributed by atoms with Crippen LogP contribution >= 0.6 is 0 Å². The van der Waals surface area contributed by atoms with Crippen molar-refractivity contribution < 1.29 is 204 Å². The molecule has 8 aliphatic heterocycles. The van der Waals surface area contributed by atoms with E-state index in [9.17, 15) is 133 Å². The van der Waals surface area contributed by atoms with Crippen molar-refractivity contribution in [3.05, 3.63) is 0 Å². The van der Waals surface area contributed by atoms with E-state index in [0.29, 0.717) is 0 Å². The predicted octanol–water partition coefficient (Wildman–Crippen LogP) is -18.5. The van der Waals surface area contributed by atoms with Crippen molar-refractivity contribution in [2.75, 3.05) is 52.9 Å². The first kappa shape index (κ1) is 73.2. The summed E-state index contributed by atoms with van der Waals surface area (Å²) >= 11 is 0. The van der Waals surface area contributed by atoms with Gasteiger partial charge in [0.2, 0.25) is 0 Å². The van der Waals surface area contributed by atoms with Crippen LogP contribution in [0.3, 0.4) is 0 Å². The number of aliphatic hydroxyl groups is 26. The molecule has 0 radical (unpaired) electrons. The van der Waals surface area contributed by atoms with E-state index in [4.69, 9.17) is 71.1 Å². The van der Waals surface area contributed by atoms with Crippen molar-refractivity contribution in [3.8, 4) is 0 Å². The first-order valence-corrected chi connectivity index (χ1v) is 28.2. The smallest absolute Gasteiger partial charge is 0.187 e. The molecule has 0 spiro atoms. The van der Waals surface area contributed by atoms with Gasteiger partial charge in [-0.1, -0.05) is 0 Å². The molecule has 0 saturated carbocycles. The van der Waals surface area contributed by atoms with Gasteiger partial charge in [-0.15, -0.1) is 0 Å². The Kier molecular flexibility index (Phi) is 25.9. The van der Waals surface area contributed by atoms with Gasteiger partial charge in [0.15, 0.2) is 50.3 Å². The Hall–Kier alpha value is -1.64. The molecule has 0 unspecified atom stereocenters. The van der Waals surface area contributed by atoms with Crippen LogP contribution < -0.4 is 0 Å². The van der Waals surface area contributed by atoms with E-state index in [0.717, 1.165) is 0 Å². The zero-order chi connectivity index (χ0) is 65.4. The summed E-state index contributed by atoms with van der Waals surface area (Å²) in [5.74, 6) is 0. The van der Waals surface area contributed by atoms with Crippen LogP contribution in [0.2, 0.25) is 0 Å². The average molecular weight is 1320 g/mol. The number of hydrogen-bond acceptors (Lipinski definition) is 41. The molecule has 8 fully saturated rings. The number of rotatable bonds is 22. The first-order chi connectivity index (χ1) is 42.2. The summed E-state index contributed by atoms with van der Waals surface area (Å²) in [6.45, 7) is -8.32. The molecule has 0 aromatic rings. The molecule has 8 heterocycles. The lowest BCUT2D eigenvalue weighted by Crippen LogP contribution is -2.69. The second-order valence-electron chi connectivity index (χ2n) is 22.4. The average Bonchev–Trinajstić information content (AvgIpc) is 1.93. The Balaban J connectivity index is 0.952. The lowest BCUT2D eigenvalue weighted by atomic mass is 9.95. The Morgan fingerprint density at radius 3 is 0.618 bits per heavy atom. The molecule has 0 bridgehead atoms. The first-order valence-electron chi connectivity index (χ1n) is 28.2. The number of hydrogen-bond donors (Lipinski definition) is 26. The van der Waals surface area contributed by atoms with E-state index in [1.54, 1.807) is 0 Å². The van der Waals surface area contributed by atoms with E-state index in [2.05, 4.69) is 0 Å². The maximum atomic E-state index is 11.8. The third-order valence-corrected chi connectivity index (χ3v) is 16.7. The Labute approximate surface area is 501 Å². The van der Waals surface area contributed by atoms with Crippen molar-refractivity contribution >= 4 is 0 Å². The lowest BCUT2D eigenvalue weighted by Gasteiger charge is -2.50. The van der Waals surface area contributed by atoms with Crippen LogP contribution in [0.4, 0.5) is 0 Å². The SMILES string of the molecule is OC[C@H]1O[C@@H](O[C@H]2[C@@H](O)[C@@H](CO)O[C@@H](O[C@H]3[C@@H](O)[C@@H](CO)O[C@@H](O[C@H]4[C@@H](O)[C@@H](CO)O[C@@H](O[C@H]5[C@@H](O)[C@@H](CO)O[C@@H](O[C@H]6[C@@H](O)[C@@H](CO)O[C@H](O[C@@H]7[C@H](O)[C@@H](O)[C@H](O[C@H]8[C@H](O)[C@@H](O)[C@H](O)O[C@@H]8CO)O[C@@H]7CO)[C@@H]6O)[C@@H]5O)[C@@H]4O)[C@@H]3O)[C@@H]2O)[C@H](O)[C@@H](O)[C@H]1O. The fourth-order valence-electron chi connectivity index (χ4n) is 11.5. The van der Waals surface area contributed by atoms with Gasteiger partial charge in [-0.05, 0) is 0 Å². The minimum atomic E-state index is -2.37. The zero-order valence-electron chi connectivity index (χ0n) is 46.5. The van der Waals surface area contributed by atoms with Gasteiger partial charge in [-0.2, -0.15) is 0 Å². The van der Waals surface area contributed by atoms with Crippen LogP contribution in [0.1, 0.15) is 0 Å². The van der Waals surface area contributed by atoms with Crippen molar-refractivity contribution in [3.63, 3.8) is 0 Å². The maximum absolute atomic E-state index is 11.8. The Bertz CT molecular complexity index is 2130. The van der Waals surface area contributed by atoms with Crippen LogP contribution in [-0.4, -0.2) is 431 Å². The highest BCUT2D eigenvalue weighted by Crippen LogP contribution is 2.39. The summed E-state index contributed by atoms with van der Waals surface area (Å²) in [6, 6.07) is 0. The van der Waals surface area contributed by atoms with Crippen LogP contribution in [0, 0.1) is 0 Å². The summed E-state index contributed by atoms with van der Waals surface area (Å²) in [6.07, 6.45) is -81.3. The van der Waals surface area contributed by atoms with Gasteiger partial charge in [0, 0.05) is 0 Å². The van der Waals surface area contributed by atoms with Crippen LogP contribution in [0.25, 0.3) is 0 Å². The molecule has 520 valence electrons. The highest BCUT2D eigenvalue weighted by atomic mass is 16.8. The van der Waals surface area contributed by atoms with E-state index in [1.807, 2.05) is 0 Å². The third kappa shape index (κ3) is 15.0. The van der Waals surface area contributed by atoms with Gasteiger partial charge in [-0.3, -0.25) is 0 Å². The van der Waals surface area contributed by atoms with E-state index in [-0.39, 0.29) is 0 Å². The van der Waals surface area contributed by atoms with Gasteiger partial charge >= 0.3 is 0 Å². The third-order valence-electron chi connectivity index (χ3n) is 16.7. The van der Waals surface area contributed by atoms with E-state index >= 15 is 0 Å². The molecule has 8 aliphatic rings. The second-order valence-corrected chi connectivity index (χ2v) is 22.4. The van der Waals surface area contributed by atoms with Gasteiger partial charge in [0.25, 0.3) is 0 Å². The molecule has 89 heavy (non-hydrogen) atoms. The monoisotopic (exact) mass is 1310 g/mol. The minimum absolute atomic E-state index is 0.905. The molecule has 0 aliphatic carbocycles. The van der Waals surface area contributed by atoms with Crippen LogP contribution in [0.15, 0.2) is 0 Å². The molecule has 0 amide bonds. The fraction of sp³-hybridized carbons (Fsp3) is 1.00. The van der Waals surface area contributed by atoms with E-state index < -0.39 is 299 Å². The summed E-state index contributed by atoms with van der Waals surface area (Å²) in [5.41, 5.74) is 0. The van der Waals surface area contributed by atoms with Gasteiger partial charge in [0.05, 0.1) is 52.9 Å². The molecule has 41 heteroatoms. The lowest BCUT2D eigenvalue weighted by molar-refractivity contribution is -0.401. The summed E-state index contributed by atoms with van der Waals surface area (Å²) < 4.78 is 83.8. The minimum Gasteiger partial charge on any atom is -0.394 e. The molecule has 8 saturated heterocycles. The fourth-order valence-corrected chi connectivity index (χ4v) is 11.5. The summed E-state index contributed by atoms with van der Waals surface area (Å²) in [5, 5.41) is 280.